The maximum Gasteiger partial charge on any atom is 0.269 e. The van der Waals surface area contributed by atoms with Crippen LogP contribution in [0.1, 0.15) is 36.6 Å². The van der Waals surface area contributed by atoms with Crippen LogP contribution in [0.2, 0.25) is 0 Å². The number of nitrogens with one attached hydrogen (secondary N) is 2. The lowest BCUT2D eigenvalue weighted by atomic mass is 10.0. The van der Waals surface area contributed by atoms with Gasteiger partial charge in [-0.05, 0) is 52.7 Å². The van der Waals surface area contributed by atoms with E-state index in [1.54, 1.807) is 42.9 Å². The molecule has 0 saturated carbocycles. The van der Waals surface area contributed by atoms with Crippen LogP contribution in [0.15, 0.2) is 104 Å². The summed E-state index contributed by atoms with van der Waals surface area (Å²) in [5.41, 5.74) is 2.94. The molecule has 2 N–H and O–H groups in total. The number of nitrogens with zero attached hydrogens (tertiary/aromatic N) is 4. The first kappa shape index (κ1) is 32.2. The number of anilines is 1. The molecule has 1 atom stereocenters. The number of nitro groups is 1. The molecule has 1 aromatic heterocycles. The molecule has 0 radical (unpaired) electrons. The number of rotatable bonds is 13. The monoisotopic (exact) mass is 638 g/mol. The van der Waals surface area contributed by atoms with Gasteiger partial charge in [-0.15, -0.1) is 0 Å². The van der Waals surface area contributed by atoms with Crippen LogP contribution in [-0.4, -0.2) is 43.0 Å². The van der Waals surface area contributed by atoms with Crippen molar-refractivity contribution in [1.82, 2.24) is 19.8 Å². The fourth-order valence-corrected chi connectivity index (χ4v) is 5.69. The summed E-state index contributed by atoms with van der Waals surface area (Å²) in [5, 5.41) is 19.8. The second-order valence-corrected chi connectivity index (χ2v) is 11.5. The maximum absolute atomic E-state index is 14.6. The number of para-hydroxylation sites is 1. The first-order valence-electron chi connectivity index (χ1n) is 15.1. The van der Waals surface area contributed by atoms with Crippen LogP contribution in [-0.2, 0) is 24.3 Å². The number of benzene rings is 4. The van der Waals surface area contributed by atoms with E-state index in [1.807, 2.05) is 27.7 Å². The fourth-order valence-electron chi connectivity index (χ4n) is 5.44. The Bertz CT molecular complexity index is 1820. The van der Waals surface area contributed by atoms with E-state index in [9.17, 15) is 19.3 Å². The Labute approximate surface area is 272 Å². The summed E-state index contributed by atoms with van der Waals surface area (Å²) in [4.78, 5) is 30.2. The third kappa shape index (κ3) is 8.30. The highest BCUT2D eigenvalue weighted by Gasteiger charge is 2.21. The highest BCUT2D eigenvalue weighted by atomic mass is 32.1. The van der Waals surface area contributed by atoms with E-state index in [0.717, 1.165) is 34.0 Å². The SMILES string of the molecule is CCC[C@@H](CN(Cc1cccc2ccccc12)C(=S)Nc1ccccc1F)NC(=O)Cc1cncn1Cc1ccc([N+](=O)[O-])cc1. The lowest BCUT2D eigenvalue weighted by molar-refractivity contribution is -0.384. The first-order chi connectivity index (χ1) is 22.3. The second kappa shape index (κ2) is 15.2. The highest BCUT2D eigenvalue weighted by Crippen LogP contribution is 2.22. The van der Waals surface area contributed by atoms with Gasteiger partial charge in [0.15, 0.2) is 5.11 Å². The average molecular weight is 639 g/mol. The van der Waals surface area contributed by atoms with E-state index in [2.05, 4.69) is 46.8 Å². The summed E-state index contributed by atoms with van der Waals surface area (Å²) < 4.78 is 16.4. The van der Waals surface area contributed by atoms with Crippen molar-refractivity contribution in [2.45, 2.75) is 45.3 Å². The standard InChI is InChI=1S/C35H35FN6O3S/c1-2-8-28(38-34(43)19-30-20-37-24-41(30)21-25-15-17-29(18-16-25)42(44)45)23-40(35(46)39-33-14-6-5-13-32(33)36)22-27-11-7-10-26-9-3-4-12-31(26)27/h3-7,9-18,20,24,28H,2,8,19,21-23H2,1H3,(H,38,43)(H,39,46)/t28-/m0/s1. The minimum absolute atomic E-state index is 0.0222. The van der Waals surface area contributed by atoms with Crippen LogP contribution in [0.5, 0.6) is 0 Å². The van der Waals surface area contributed by atoms with Crippen molar-refractivity contribution in [2.75, 3.05) is 11.9 Å². The van der Waals surface area contributed by atoms with E-state index in [0.29, 0.717) is 31.2 Å². The third-order valence-electron chi connectivity index (χ3n) is 7.73. The van der Waals surface area contributed by atoms with Gasteiger partial charge in [-0.1, -0.05) is 80.1 Å². The summed E-state index contributed by atoms with van der Waals surface area (Å²) in [7, 11) is 0. The number of thiocarbonyl (C=S) groups is 1. The van der Waals surface area contributed by atoms with Crippen molar-refractivity contribution in [1.29, 1.82) is 0 Å². The number of hydrogen-bond acceptors (Lipinski definition) is 5. The Morgan fingerprint density at radius 1 is 1.04 bits per heavy atom. The van der Waals surface area contributed by atoms with Gasteiger partial charge in [0.25, 0.3) is 5.69 Å². The van der Waals surface area contributed by atoms with Crippen LogP contribution >= 0.6 is 12.2 Å². The third-order valence-corrected chi connectivity index (χ3v) is 8.09. The second-order valence-electron chi connectivity index (χ2n) is 11.1. The van der Waals surface area contributed by atoms with E-state index in [4.69, 9.17) is 12.2 Å². The predicted molar refractivity (Wildman–Crippen MR) is 182 cm³/mol. The van der Waals surface area contributed by atoms with Crippen molar-refractivity contribution >= 4 is 45.4 Å². The zero-order valence-electron chi connectivity index (χ0n) is 25.4. The molecule has 0 fully saturated rings. The van der Waals surface area contributed by atoms with Crippen molar-refractivity contribution in [3.8, 4) is 0 Å². The molecule has 1 heterocycles. The number of aromatic nitrogens is 2. The summed E-state index contributed by atoms with van der Waals surface area (Å²) in [6, 6.07) is 26.7. The fraction of sp³-hybridized carbons (Fsp3) is 0.229. The molecule has 0 aliphatic carbocycles. The van der Waals surface area contributed by atoms with E-state index in [-0.39, 0.29) is 29.7 Å². The molecular formula is C35H35FN6O3S. The molecular weight excluding hydrogens is 603 g/mol. The Balaban J connectivity index is 1.31. The molecule has 0 aliphatic heterocycles. The van der Waals surface area contributed by atoms with Gasteiger partial charge in [0.1, 0.15) is 5.82 Å². The predicted octanol–water partition coefficient (Wildman–Crippen LogP) is 6.86. The molecule has 0 bridgehead atoms. The molecule has 5 rings (SSSR count). The number of amides is 1. The molecule has 236 valence electrons. The number of carbonyl (C=O) groups excluding carboxylic acids is 1. The maximum atomic E-state index is 14.6. The Morgan fingerprint density at radius 2 is 1.78 bits per heavy atom. The van der Waals surface area contributed by atoms with Gasteiger partial charge in [0.05, 0.1) is 23.4 Å². The smallest absolute Gasteiger partial charge is 0.269 e. The molecule has 0 spiro atoms. The summed E-state index contributed by atoms with van der Waals surface area (Å²) in [6.45, 7) is 3.35. The number of fused-ring (bicyclic) bond motifs is 1. The normalized spacial score (nSPS) is 11.6. The van der Waals surface area contributed by atoms with Gasteiger partial charge in [-0.3, -0.25) is 14.9 Å². The van der Waals surface area contributed by atoms with Crippen LogP contribution in [0.3, 0.4) is 0 Å². The van der Waals surface area contributed by atoms with Gasteiger partial charge < -0.3 is 20.1 Å². The highest BCUT2D eigenvalue weighted by molar-refractivity contribution is 7.80. The zero-order chi connectivity index (χ0) is 32.5. The summed E-state index contributed by atoms with van der Waals surface area (Å²) >= 11 is 5.84. The van der Waals surface area contributed by atoms with E-state index < -0.39 is 10.7 Å². The number of nitro benzene ring substituents is 1. The minimum atomic E-state index is -0.435. The number of hydrogen-bond donors (Lipinski definition) is 2. The first-order valence-corrected chi connectivity index (χ1v) is 15.5. The average Bonchev–Trinajstić information content (AvgIpc) is 3.48. The van der Waals surface area contributed by atoms with Gasteiger partial charge in [-0.25, -0.2) is 9.37 Å². The molecule has 11 heteroatoms. The molecule has 9 nitrogen and oxygen atoms in total. The summed E-state index contributed by atoms with van der Waals surface area (Å²) in [5.74, 6) is -0.569. The number of carbonyl (C=O) groups is 1. The topological polar surface area (TPSA) is 105 Å². The van der Waals surface area contributed by atoms with Gasteiger partial charge in [0.2, 0.25) is 5.91 Å². The van der Waals surface area contributed by atoms with Gasteiger partial charge in [-0.2, -0.15) is 0 Å². The Kier molecular flexibility index (Phi) is 10.7. The lowest BCUT2D eigenvalue weighted by Gasteiger charge is -2.31. The van der Waals surface area contributed by atoms with E-state index in [1.165, 1.54) is 18.2 Å². The van der Waals surface area contributed by atoms with Gasteiger partial charge >= 0.3 is 0 Å². The van der Waals surface area contributed by atoms with Crippen LogP contribution < -0.4 is 10.6 Å². The van der Waals surface area contributed by atoms with Crippen LogP contribution in [0.25, 0.3) is 10.8 Å². The van der Waals surface area contributed by atoms with Crippen molar-refractivity contribution in [3.63, 3.8) is 0 Å². The number of imidazole rings is 1. The molecule has 1 amide bonds. The molecule has 5 aromatic rings. The Hall–Kier alpha value is -5.16. The largest absolute Gasteiger partial charge is 0.351 e. The molecule has 0 saturated heterocycles. The molecule has 46 heavy (non-hydrogen) atoms. The van der Waals surface area contributed by atoms with E-state index >= 15 is 0 Å². The van der Waals surface area contributed by atoms with Crippen LogP contribution in [0, 0.1) is 15.9 Å². The summed E-state index contributed by atoms with van der Waals surface area (Å²) in [6.07, 6.45) is 4.95. The zero-order valence-corrected chi connectivity index (χ0v) is 26.3. The lowest BCUT2D eigenvalue weighted by Crippen LogP contribution is -2.47. The molecule has 0 aliphatic rings. The molecule has 4 aromatic carbocycles. The Morgan fingerprint density at radius 3 is 2.54 bits per heavy atom. The quantitative estimate of drug-likeness (QED) is 0.0825. The van der Waals surface area contributed by atoms with Crippen molar-refractivity contribution in [2.24, 2.45) is 0 Å². The van der Waals surface area contributed by atoms with Crippen molar-refractivity contribution < 1.29 is 14.1 Å². The molecule has 0 unspecified atom stereocenters. The number of halogens is 1. The van der Waals surface area contributed by atoms with Crippen LogP contribution in [0.4, 0.5) is 15.8 Å². The van der Waals surface area contributed by atoms with Crippen molar-refractivity contribution in [3.05, 3.63) is 136 Å². The van der Waals surface area contributed by atoms with Gasteiger partial charge in [0, 0.05) is 49.7 Å². The minimum Gasteiger partial charge on any atom is -0.351 e. The number of non-ortho nitro benzene ring substituents is 1.